The van der Waals surface area contributed by atoms with Crippen molar-refractivity contribution in [2.45, 2.75) is 37.8 Å². The maximum atomic E-state index is 14.1. The van der Waals surface area contributed by atoms with Crippen LogP contribution >= 0.6 is 11.3 Å². The molecule has 1 heterocycles. The predicted octanol–water partition coefficient (Wildman–Crippen LogP) is 6.16. The second kappa shape index (κ2) is 13.4. The monoisotopic (exact) mass is 586 g/mol. The molecule has 38 heavy (non-hydrogen) atoms. The number of carboxylic acid groups (broad SMARTS) is 1. The third-order valence-corrected chi connectivity index (χ3v) is 11.9. The molecule has 3 nitrogen and oxygen atoms in total. The van der Waals surface area contributed by atoms with Gasteiger partial charge in [0.2, 0.25) is 0 Å². The summed E-state index contributed by atoms with van der Waals surface area (Å²) in [5.41, 5.74) is 3.76. The number of unbranched alkanes of at least 4 members (excludes halogenated alkanes) is 1. The molecule has 1 unspecified atom stereocenters. The van der Waals surface area contributed by atoms with Crippen molar-refractivity contribution in [1.82, 2.24) is 0 Å². The molecule has 0 amide bonds. The van der Waals surface area contributed by atoms with Crippen LogP contribution < -0.4 is 4.35 Å². The summed E-state index contributed by atoms with van der Waals surface area (Å²) < 4.78 is 14.8. The van der Waals surface area contributed by atoms with Crippen LogP contribution in [-0.4, -0.2) is 30.3 Å². The first kappa shape index (κ1) is 27.6. The van der Waals surface area contributed by atoms with Gasteiger partial charge in [0.15, 0.2) is 0 Å². The second-order valence-corrected chi connectivity index (χ2v) is 14.6. The molecule has 0 fully saturated rings. The molecule has 0 aliphatic carbocycles. The van der Waals surface area contributed by atoms with Gasteiger partial charge in [0.05, 0.1) is 0 Å². The molecule has 1 N–H and O–H groups in total. The zero-order valence-electron chi connectivity index (χ0n) is 21.1. The minimum atomic E-state index is -2.43. The Bertz CT molecular complexity index is 1450. The van der Waals surface area contributed by atoms with Gasteiger partial charge in [-0.25, -0.2) is 0 Å². The van der Waals surface area contributed by atoms with E-state index in [0.717, 1.165) is 34.1 Å². The topological polar surface area (TPSA) is 54.4 Å². The Labute approximate surface area is 231 Å². The van der Waals surface area contributed by atoms with Crippen LogP contribution in [0, 0.1) is 17.7 Å². The van der Waals surface area contributed by atoms with E-state index < -0.39 is 32.0 Å². The van der Waals surface area contributed by atoms with Gasteiger partial charge in [-0.2, -0.15) is 0 Å². The zero-order valence-corrected chi connectivity index (χ0v) is 23.8. The predicted molar refractivity (Wildman–Crippen MR) is 153 cm³/mol. The number of hydrogen-bond donors (Lipinski definition) is 1. The summed E-state index contributed by atoms with van der Waals surface area (Å²) in [6.07, 6.45) is 3.75. The van der Waals surface area contributed by atoms with Crippen LogP contribution in [0.1, 0.15) is 57.3 Å². The first-order valence-corrected chi connectivity index (χ1v) is 16.6. The summed E-state index contributed by atoms with van der Waals surface area (Å²) in [6.45, 7) is 2.19. The number of carboxylic acids is 1. The van der Waals surface area contributed by atoms with Crippen LogP contribution in [0.3, 0.4) is 0 Å². The fraction of sp³-hybridized carbons (Fsp3) is 0.188. The first-order chi connectivity index (χ1) is 18.4. The molecule has 3 aromatic carbocycles. The van der Waals surface area contributed by atoms with E-state index in [2.05, 4.69) is 43.0 Å². The minimum absolute atomic E-state index is 0.106. The van der Waals surface area contributed by atoms with E-state index in [0.29, 0.717) is 16.0 Å². The zero-order chi connectivity index (χ0) is 26.9. The Morgan fingerprint density at radius 2 is 1.58 bits per heavy atom. The van der Waals surface area contributed by atoms with Crippen molar-refractivity contribution in [1.29, 1.82) is 0 Å². The van der Waals surface area contributed by atoms with Gasteiger partial charge in [-0.15, -0.1) is 0 Å². The van der Waals surface area contributed by atoms with Gasteiger partial charge in [-0.05, 0) is 6.42 Å². The normalized spacial score (nSPS) is 11.4. The number of carbonyl (C=O) groups excluding carboxylic acids is 1. The van der Waals surface area contributed by atoms with Gasteiger partial charge in [0.1, 0.15) is 0 Å². The van der Waals surface area contributed by atoms with E-state index in [1.807, 2.05) is 41.8 Å². The molecule has 0 saturated heterocycles. The molecule has 192 valence electrons. The van der Waals surface area contributed by atoms with Crippen molar-refractivity contribution in [3.05, 3.63) is 123 Å². The molecular weight excluding hydrogens is 558 g/mol. The summed E-state index contributed by atoms with van der Waals surface area (Å²) in [4.78, 5) is 25.9. The molecule has 1 atom stereocenters. The number of carbonyl (C=O) groups is 2. The van der Waals surface area contributed by atoms with E-state index in [1.54, 1.807) is 6.07 Å². The number of aryl methyl sites for hydroxylation is 1. The van der Waals surface area contributed by atoms with E-state index >= 15 is 0 Å². The van der Waals surface area contributed by atoms with E-state index in [1.165, 1.54) is 35.8 Å². The second-order valence-electron chi connectivity index (χ2n) is 8.95. The Morgan fingerprint density at radius 1 is 0.921 bits per heavy atom. The molecule has 0 bridgehead atoms. The number of rotatable bonds is 10. The Hall–Kier alpha value is -3.45. The average Bonchev–Trinajstić information content (AvgIpc) is 3.44. The van der Waals surface area contributed by atoms with Crippen molar-refractivity contribution < 1.29 is 19.1 Å². The molecule has 0 aliphatic rings. The summed E-state index contributed by atoms with van der Waals surface area (Å²) in [6, 6.07) is 24.1. The summed E-state index contributed by atoms with van der Waals surface area (Å²) in [5.74, 6) is 4.29. The SMILES string of the molecule is CCCCc1ccc(C#Cc2ccc(C[As](C(=O)Cc3cccs3)c3ccc(F)c(C(=O)O)c3)cc2)cc1. The quantitative estimate of drug-likeness (QED) is 0.179. The molecule has 0 aliphatic heterocycles. The van der Waals surface area contributed by atoms with Crippen LogP contribution in [0.5, 0.6) is 0 Å². The van der Waals surface area contributed by atoms with Gasteiger partial charge in [-0.3, -0.25) is 0 Å². The fourth-order valence-electron chi connectivity index (χ4n) is 3.98. The van der Waals surface area contributed by atoms with Gasteiger partial charge in [0.25, 0.3) is 0 Å². The van der Waals surface area contributed by atoms with E-state index in [9.17, 15) is 19.1 Å². The van der Waals surface area contributed by atoms with Crippen molar-refractivity contribution in [2.24, 2.45) is 0 Å². The third kappa shape index (κ3) is 7.54. The molecule has 0 spiro atoms. The molecule has 6 heteroatoms. The van der Waals surface area contributed by atoms with Gasteiger partial charge < -0.3 is 0 Å². The van der Waals surface area contributed by atoms with Crippen LogP contribution in [0.2, 0.25) is 0 Å². The molecule has 4 aromatic rings. The number of aromatic carboxylic acids is 1. The number of thiophene rings is 1. The number of benzene rings is 3. The van der Waals surface area contributed by atoms with Crippen molar-refractivity contribution in [2.75, 3.05) is 0 Å². The van der Waals surface area contributed by atoms with Gasteiger partial charge >= 0.3 is 213 Å². The van der Waals surface area contributed by atoms with E-state index in [4.69, 9.17) is 0 Å². The Balaban J connectivity index is 1.52. The van der Waals surface area contributed by atoms with Gasteiger partial charge in [0, 0.05) is 0 Å². The van der Waals surface area contributed by atoms with Crippen molar-refractivity contribution in [3.8, 4) is 11.8 Å². The van der Waals surface area contributed by atoms with Crippen LogP contribution in [0.15, 0.2) is 84.2 Å². The fourth-order valence-corrected chi connectivity index (χ4v) is 9.37. The molecular formula is C32H28AsFO3S. The van der Waals surface area contributed by atoms with Gasteiger partial charge in [-0.1, -0.05) is 13.3 Å². The van der Waals surface area contributed by atoms with Crippen molar-refractivity contribution >= 4 is 40.9 Å². The number of halogens is 1. The summed E-state index contributed by atoms with van der Waals surface area (Å²) >= 11 is -0.904. The molecule has 1 aromatic heterocycles. The average molecular weight is 587 g/mol. The summed E-state index contributed by atoms with van der Waals surface area (Å²) in [5, 5.41) is 11.9. The maximum absolute atomic E-state index is 14.1. The van der Waals surface area contributed by atoms with Crippen LogP contribution in [0.25, 0.3) is 0 Å². The standard InChI is InChI=1S/C32H28AsFO3S/c1-2-3-5-23-7-9-24(10-8-23)11-12-25-13-15-26(16-14-25)22-33(31(35)21-28-6-4-19-38-28)27-17-18-30(34)29(20-27)32(36)37/h4,6-10,13-20H,2-3,5,21-22H2,1H3,(H,36,37). The van der Waals surface area contributed by atoms with E-state index in [-0.39, 0.29) is 4.57 Å². The third-order valence-electron chi connectivity index (χ3n) is 6.12. The summed E-state index contributed by atoms with van der Waals surface area (Å²) in [7, 11) is 0. The molecule has 0 saturated carbocycles. The molecule has 0 radical (unpaired) electrons. The Morgan fingerprint density at radius 3 is 2.16 bits per heavy atom. The number of hydrogen-bond acceptors (Lipinski definition) is 3. The first-order valence-electron chi connectivity index (χ1n) is 12.5. The van der Waals surface area contributed by atoms with Crippen molar-refractivity contribution in [3.63, 3.8) is 0 Å². The molecule has 4 rings (SSSR count). The van der Waals surface area contributed by atoms with Crippen LogP contribution in [-0.2, 0) is 22.8 Å². The van der Waals surface area contributed by atoms with Crippen LogP contribution in [0.4, 0.5) is 4.39 Å². The Kier molecular flexibility index (Phi) is 9.71.